The van der Waals surface area contributed by atoms with Gasteiger partial charge < -0.3 is 9.88 Å². The molecule has 1 aromatic heterocycles. The molecule has 0 spiro atoms. The van der Waals surface area contributed by atoms with Crippen molar-refractivity contribution in [1.82, 2.24) is 14.9 Å². The Bertz CT molecular complexity index is 493. The first kappa shape index (κ1) is 12.8. The molecule has 4 heteroatoms. The molecule has 1 N–H and O–H groups in total. The minimum atomic E-state index is -0.196. The van der Waals surface area contributed by atoms with E-state index in [-0.39, 0.29) is 5.82 Å². The van der Waals surface area contributed by atoms with Crippen LogP contribution < -0.4 is 5.32 Å². The number of hydrogen-bond donors (Lipinski definition) is 1. The van der Waals surface area contributed by atoms with Gasteiger partial charge in [-0.25, -0.2) is 9.37 Å². The van der Waals surface area contributed by atoms with Crippen molar-refractivity contribution < 1.29 is 4.39 Å². The van der Waals surface area contributed by atoms with Crippen molar-refractivity contribution in [1.29, 1.82) is 0 Å². The number of imidazole rings is 1. The summed E-state index contributed by atoms with van der Waals surface area (Å²) in [6.07, 6.45) is 4.74. The predicted molar refractivity (Wildman–Crippen MR) is 69.7 cm³/mol. The van der Waals surface area contributed by atoms with Crippen LogP contribution in [0.1, 0.15) is 24.6 Å². The fourth-order valence-corrected chi connectivity index (χ4v) is 1.86. The molecule has 18 heavy (non-hydrogen) atoms. The molecule has 0 aliphatic heterocycles. The highest BCUT2D eigenvalue weighted by molar-refractivity contribution is 5.17. The molecule has 2 rings (SSSR count). The van der Waals surface area contributed by atoms with E-state index in [9.17, 15) is 4.39 Å². The van der Waals surface area contributed by atoms with E-state index in [1.165, 1.54) is 6.07 Å². The summed E-state index contributed by atoms with van der Waals surface area (Å²) in [6, 6.07) is 6.67. The number of benzene rings is 1. The molecule has 1 aromatic carbocycles. The average molecular weight is 247 g/mol. The molecule has 0 amide bonds. The average Bonchev–Trinajstić information content (AvgIpc) is 2.77. The standard InChI is InChI=1S/C14H18FN3/c1-2-6-16-8-14-9-17-11-18(14)10-12-4-3-5-13(15)7-12/h3-5,7,9,11,16H,2,6,8,10H2,1H3. The van der Waals surface area contributed by atoms with Crippen molar-refractivity contribution in [2.24, 2.45) is 0 Å². The first-order chi connectivity index (χ1) is 8.79. The number of nitrogens with zero attached hydrogens (tertiary/aromatic N) is 2. The lowest BCUT2D eigenvalue weighted by atomic mass is 10.2. The third-order valence-electron chi connectivity index (χ3n) is 2.77. The molecule has 0 unspecified atom stereocenters. The lowest BCUT2D eigenvalue weighted by molar-refractivity contribution is 0.615. The minimum Gasteiger partial charge on any atom is -0.329 e. The molecule has 0 saturated heterocycles. The van der Waals surface area contributed by atoms with Crippen LogP contribution in [0.5, 0.6) is 0 Å². The van der Waals surface area contributed by atoms with Crippen LogP contribution in [-0.4, -0.2) is 16.1 Å². The summed E-state index contributed by atoms with van der Waals surface area (Å²) in [7, 11) is 0. The largest absolute Gasteiger partial charge is 0.329 e. The molecule has 2 aromatic rings. The van der Waals surface area contributed by atoms with Gasteiger partial charge in [0.2, 0.25) is 0 Å². The second-order valence-corrected chi connectivity index (χ2v) is 4.32. The van der Waals surface area contributed by atoms with Gasteiger partial charge in [0, 0.05) is 19.3 Å². The third kappa shape index (κ3) is 3.40. The minimum absolute atomic E-state index is 0.196. The topological polar surface area (TPSA) is 29.9 Å². The maximum atomic E-state index is 13.1. The molecule has 0 aliphatic rings. The van der Waals surface area contributed by atoms with E-state index in [1.807, 2.05) is 16.8 Å². The first-order valence-corrected chi connectivity index (χ1v) is 6.23. The van der Waals surface area contributed by atoms with E-state index in [0.29, 0.717) is 6.54 Å². The highest BCUT2D eigenvalue weighted by Crippen LogP contribution is 2.08. The van der Waals surface area contributed by atoms with E-state index in [1.54, 1.807) is 18.5 Å². The zero-order chi connectivity index (χ0) is 12.8. The molecular weight excluding hydrogens is 229 g/mol. The predicted octanol–water partition coefficient (Wildman–Crippen LogP) is 2.57. The van der Waals surface area contributed by atoms with E-state index in [0.717, 1.165) is 30.8 Å². The van der Waals surface area contributed by atoms with E-state index in [2.05, 4.69) is 17.2 Å². The summed E-state index contributed by atoms with van der Waals surface area (Å²) in [5.41, 5.74) is 2.07. The first-order valence-electron chi connectivity index (χ1n) is 6.23. The molecule has 3 nitrogen and oxygen atoms in total. The molecule has 96 valence electrons. The van der Waals surface area contributed by atoms with Gasteiger partial charge >= 0.3 is 0 Å². The maximum Gasteiger partial charge on any atom is 0.123 e. The Morgan fingerprint density at radius 3 is 3.06 bits per heavy atom. The normalized spacial score (nSPS) is 10.8. The van der Waals surface area contributed by atoms with Crippen molar-refractivity contribution in [2.75, 3.05) is 6.54 Å². The van der Waals surface area contributed by atoms with Crippen LogP contribution in [0.4, 0.5) is 4.39 Å². The van der Waals surface area contributed by atoms with Crippen molar-refractivity contribution >= 4 is 0 Å². The third-order valence-corrected chi connectivity index (χ3v) is 2.77. The van der Waals surface area contributed by atoms with Gasteiger partial charge in [-0.1, -0.05) is 19.1 Å². The summed E-state index contributed by atoms with van der Waals surface area (Å²) in [5.74, 6) is -0.196. The molecule has 0 bridgehead atoms. The van der Waals surface area contributed by atoms with Crippen LogP contribution in [-0.2, 0) is 13.1 Å². The lowest BCUT2D eigenvalue weighted by Gasteiger charge is -2.09. The molecule has 0 radical (unpaired) electrons. The molecule has 1 heterocycles. The van der Waals surface area contributed by atoms with Gasteiger partial charge in [0.1, 0.15) is 5.82 Å². The van der Waals surface area contributed by atoms with Crippen LogP contribution in [0.25, 0.3) is 0 Å². The Kier molecular flexibility index (Phi) is 4.47. The highest BCUT2D eigenvalue weighted by Gasteiger charge is 2.03. The summed E-state index contributed by atoms with van der Waals surface area (Å²) in [5, 5.41) is 3.34. The van der Waals surface area contributed by atoms with E-state index < -0.39 is 0 Å². The molecule has 0 fully saturated rings. The van der Waals surface area contributed by atoms with E-state index in [4.69, 9.17) is 0 Å². The second kappa shape index (κ2) is 6.31. The zero-order valence-corrected chi connectivity index (χ0v) is 10.6. The summed E-state index contributed by atoms with van der Waals surface area (Å²) in [4.78, 5) is 4.15. The van der Waals surface area contributed by atoms with Crippen molar-refractivity contribution in [3.05, 3.63) is 53.9 Å². The Morgan fingerprint density at radius 1 is 1.39 bits per heavy atom. The van der Waals surface area contributed by atoms with Gasteiger partial charge in [-0.05, 0) is 30.7 Å². The monoisotopic (exact) mass is 247 g/mol. The quantitative estimate of drug-likeness (QED) is 0.795. The van der Waals surface area contributed by atoms with Gasteiger partial charge in [-0.15, -0.1) is 0 Å². The number of hydrogen-bond acceptors (Lipinski definition) is 2. The Morgan fingerprint density at radius 2 is 2.28 bits per heavy atom. The number of halogens is 1. The number of aromatic nitrogens is 2. The van der Waals surface area contributed by atoms with Gasteiger partial charge in [-0.2, -0.15) is 0 Å². The summed E-state index contributed by atoms with van der Waals surface area (Å²) in [6.45, 7) is 4.58. The molecule has 0 saturated carbocycles. The Hall–Kier alpha value is -1.68. The van der Waals surface area contributed by atoms with Gasteiger partial charge in [0.15, 0.2) is 0 Å². The lowest BCUT2D eigenvalue weighted by Crippen LogP contribution is -2.17. The highest BCUT2D eigenvalue weighted by atomic mass is 19.1. The smallest absolute Gasteiger partial charge is 0.123 e. The van der Waals surface area contributed by atoms with Crippen LogP contribution in [0.2, 0.25) is 0 Å². The number of rotatable bonds is 6. The summed E-state index contributed by atoms with van der Waals surface area (Å²) >= 11 is 0. The van der Waals surface area contributed by atoms with Crippen LogP contribution in [0, 0.1) is 5.82 Å². The van der Waals surface area contributed by atoms with Gasteiger partial charge in [0.25, 0.3) is 0 Å². The van der Waals surface area contributed by atoms with E-state index >= 15 is 0 Å². The van der Waals surface area contributed by atoms with Crippen LogP contribution in [0.15, 0.2) is 36.8 Å². The van der Waals surface area contributed by atoms with Gasteiger partial charge in [0.05, 0.1) is 12.0 Å². The maximum absolute atomic E-state index is 13.1. The fraction of sp³-hybridized carbons (Fsp3) is 0.357. The SMILES string of the molecule is CCCNCc1cncn1Cc1cccc(F)c1. The van der Waals surface area contributed by atoms with Crippen molar-refractivity contribution in [3.8, 4) is 0 Å². The summed E-state index contributed by atoms with van der Waals surface area (Å²) < 4.78 is 15.1. The van der Waals surface area contributed by atoms with Crippen LogP contribution >= 0.6 is 0 Å². The second-order valence-electron chi connectivity index (χ2n) is 4.32. The molecule has 0 atom stereocenters. The molecule has 0 aliphatic carbocycles. The fourth-order valence-electron chi connectivity index (χ4n) is 1.86. The Balaban J connectivity index is 2.03. The number of nitrogens with one attached hydrogen (secondary N) is 1. The van der Waals surface area contributed by atoms with Gasteiger partial charge in [-0.3, -0.25) is 0 Å². The zero-order valence-electron chi connectivity index (χ0n) is 10.6. The van der Waals surface area contributed by atoms with Crippen molar-refractivity contribution in [2.45, 2.75) is 26.4 Å². The Labute approximate surface area is 107 Å². The van der Waals surface area contributed by atoms with Crippen molar-refractivity contribution in [3.63, 3.8) is 0 Å². The van der Waals surface area contributed by atoms with Crippen LogP contribution in [0.3, 0.4) is 0 Å². The molecular formula is C14H18FN3.